The minimum atomic E-state index is -3.36. The van der Waals surface area contributed by atoms with Gasteiger partial charge in [0.2, 0.25) is 10.0 Å². The van der Waals surface area contributed by atoms with Crippen molar-refractivity contribution < 1.29 is 17.9 Å². The van der Waals surface area contributed by atoms with E-state index in [-0.39, 0.29) is 42.5 Å². The monoisotopic (exact) mass is 326 g/mol. The number of rotatable bonds is 5. The molecule has 2 N–H and O–H groups in total. The molecule has 2 heterocycles. The summed E-state index contributed by atoms with van der Waals surface area (Å²) in [6.45, 7) is 0.553. The van der Waals surface area contributed by atoms with E-state index in [1.165, 1.54) is 26.4 Å². The summed E-state index contributed by atoms with van der Waals surface area (Å²) in [4.78, 5) is 14.8. The molecule has 0 aliphatic carbocycles. The van der Waals surface area contributed by atoms with Crippen LogP contribution in [0.25, 0.3) is 0 Å². The van der Waals surface area contributed by atoms with E-state index >= 15 is 0 Å². The van der Waals surface area contributed by atoms with Crippen molar-refractivity contribution in [1.29, 1.82) is 5.26 Å². The van der Waals surface area contributed by atoms with Crippen molar-refractivity contribution in [2.75, 3.05) is 33.1 Å². The Morgan fingerprint density at radius 2 is 2.27 bits per heavy atom. The van der Waals surface area contributed by atoms with Crippen LogP contribution in [0.4, 0.5) is 0 Å². The lowest BCUT2D eigenvalue weighted by molar-refractivity contribution is 0.0921. The Morgan fingerprint density at radius 1 is 1.55 bits per heavy atom. The molecule has 2 rings (SSSR count). The number of aromatic amines is 1. The second kappa shape index (κ2) is 6.48. The first-order valence-electron chi connectivity index (χ1n) is 6.71. The molecule has 1 aliphatic heterocycles. The molecule has 1 fully saturated rings. The summed E-state index contributed by atoms with van der Waals surface area (Å²) in [7, 11) is -0.417. The van der Waals surface area contributed by atoms with Crippen molar-refractivity contribution in [2.45, 2.75) is 6.04 Å². The Morgan fingerprint density at radius 3 is 2.86 bits per heavy atom. The van der Waals surface area contributed by atoms with Gasteiger partial charge in [0.15, 0.2) is 0 Å². The molecule has 1 aliphatic rings. The number of nitrogens with one attached hydrogen (secondary N) is 2. The lowest BCUT2D eigenvalue weighted by Gasteiger charge is -2.20. The van der Waals surface area contributed by atoms with Crippen LogP contribution in [0.1, 0.15) is 16.1 Å². The van der Waals surface area contributed by atoms with Crippen molar-refractivity contribution in [1.82, 2.24) is 14.6 Å². The second-order valence-electron chi connectivity index (χ2n) is 5.35. The first-order valence-corrected chi connectivity index (χ1v) is 8.31. The first-order chi connectivity index (χ1) is 10.3. The van der Waals surface area contributed by atoms with Crippen molar-refractivity contribution in [3.05, 3.63) is 23.5 Å². The number of carbonyl (C=O) groups is 1. The Labute approximate surface area is 129 Å². The van der Waals surface area contributed by atoms with Crippen molar-refractivity contribution >= 4 is 15.9 Å². The number of nitrogens with zero attached hydrogens (tertiary/aromatic N) is 2. The van der Waals surface area contributed by atoms with E-state index in [0.717, 1.165) is 4.31 Å². The zero-order chi connectivity index (χ0) is 16.3. The molecule has 0 bridgehead atoms. The standard InChI is InChI=1S/C13H18N4O4S/c1-17(2)22(19,20)8-10-6-21-7-12(10)16-13(18)11-3-9(4-14)5-15-11/h3,5,10,12,15H,6-8H2,1-2H3,(H,16,18)/t10-,12-/m0/s1. The molecule has 2 atom stereocenters. The van der Waals surface area contributed by atoms with Gasteiger partial charge in [-0.1, -0.05) is 0 Å². The molecule has 9 heteroatoms. The van der Waals surface area contributed by atoms with E-state index in [1.807, 2.05) is 6.07 Å². The summed E-state index contributed by atoms with van der Waals surface area (Å²) in [5, 5.41) is 11.5. The molecule has 0 spiro atoms. The predicted octanol–water partition coefficient (Wildman–Crippen LogP) is -0.477. The number of hydrogen-bond acceptors (Lipinski definition) is 5. The second-order valence-corrected chi connectivity index (χ2v) is 7.58. The van der Waals surface area contributed by atoms with Gasteiger partial charge in [-0.3, -0.25) is 4.79 Å². The molecular weight excluding hydrogens is 308 g/mol. The van der Waals surface area contributed by atoms with E-state index in [4.69, 9.17) is 10.00 Å². The van der Waals surface area contributed by atoms with E-state index < -0.39 is 10.0 Å². The summed E-state index contributed by atoms with van der Waals surface area (Å²) in [6.07, 6.45) is 1.44. The number of sulfonamides is 1. The Bertz CT molecular complexity index is 689. The SMILES string of the molecule is CN(C)S(=O)(=O)C[C@@H]1COC[C@@H]1NC(=O)c1cc(C#N)c[nH]1. The quantitative estimate of drug-likeness (QED) is 0.758. The zero-order valence-corrected chi connectivity index (χ0v) is 13.2. The van der Waals surface area contributed by atoms with Crippen molar-refractivity contribution in [3.8, 4) is 6.07 Å². The van der Waals surface area contributed by atoms with Crippen LogP contribution < -0.4 is 5.32 Å². The number of hydrogen-bond donors (Lipinski definition) is 2. The summed E-state index contributed by atoms with van der Waals surface area (Å²) in [5.41, 5.74) is 0.622. The molecule has 0 radical (unpaired) electrons. The molecule has 0 unspecified atom stereocenters. The maximum absolute atomic E-state index is 12.1. The maximum Gasteiger partial charge on any atom is 0.268 e. The van der Waals surface area contributed by atoms with Crippen LogP contribution in [0.5, 0.6) is 0 Å². The fourth-order valence-corrected chi connectivity index (χ4v) is 3.35. The third kappa shape index (κ3) is 3.65. The zero-order valence-electron chi connectivity index (χ0n) is 12.4. The highest BCUT2D eigenvalue weighted by molar-refractivity contribution is 7.89. The summed E-state index contributed by atoms with van der Waals surface area (Å²) < 4.78 is 30.3. The third-order valence-electron chi connectivity index (χ3n) is 3.55. The molecule has 120 valence electrons. The fourth-order valence-electron chi connectivity index (χ4n) is 2.18. The molecule has 1 aromatic rings. The summed E-state index contributed by atoms with van der Waals surface area (Å²) in [6, 6.07) is 2.99. The summed E-state index contributed by atoms with van der Waals surface area (Å²) in [5.74, 6) is -0.773. The highest BCUT2D eigenvalue weighted by Crippen LogP contribution is 2.17. The van der Waals surface area contributed by atoms with Crippen LogP contribution in [0.15, 0.2) is 12.3 Å². The fraction of sp³-hybridized carbons (Fsp3) is 0.538. The van der Waals surface area contributed by atoms with Crippen LogP contribution >= 0.6 is 0 Å². The van der Waals surface area contributed by atoms with Gasteiger partial charge in [0.1, 0.15) is 11.8 Å². The van der Waals surface area contributed by atoms with E-state index in [2.05, 4.69) is 10.3 Å². The number of amides is 1. The van der Waals surface area contributed by atoms with Crippen molar-refractivity contribution in [3.63, 3.8) is 0 Å². The van der Waals surface area contributed by atoms with Gasteiger partial charge in [0.25, 0.3) is 5.91 Å². The van der Waals surface area contributed by atoms with Gasteiger partial charge >= 0.3 is 0 Å². The topological polar surface area (TPSA) is 115 Å². The van der Waals surface area contributed by atoms with Gasteiger partial charge in [0, 0.05) is 26.2 Å². The van der Waals surface area contributed by atoms with E-state index in [0.29, 0.717) is 5.56 Å². The Kier molecular flexibility index (Phi) is 4.85. The number of nitriles is 1. The van der Waals surface area contributed by atoms with Gasteiger partial charge in [-0.05, 0) is 6.07 Å². The minimum Gasteiger partial charge on any atom is -0.379 e. The van der Waals surface area contributed by atoms with Gasteiger partial charge in [0.05, 0.1) is 30.6 Å². The van der Waals surface area contributed by atoms with Crippen LogP contribution in [-0.2, 0) is 14.8 Å². The number of H-pyrrole nitrogens is 1. The molecule has 1 saturated heterocycles. The average molecular weight is 326 g/mol. The van der Waals surface area contributed by atoms with E-state index in [9.17, 15) is 13.2 Å². The highest BCUT2D eigenvalue weighted by atomic mass is 32.2. The highest BCUT2D eigenvalue weighted by Gasteiger charge is 2.34. The molecule has 1 aromatic heterocycles. The van der Waals surface area contributed by atoms with Gasteiger partial charge < -0.3 is 15.0 Å². The molecule has 0 aromatic carbocycles. The van der Waals surface area contributed by atoms with E-state index in [1.54, 1.807) is 0 Å². The largest absolute Gasteiger partial charge is 0.379 e. The Hall–Kier alpha value is -1.89. The first kappa shape index (κ1) is 16.5. The number of ether oxygens (including phenoxy) is 1. The molecular formula is C13H18N4O4S. The van der Waals surface area contributed by atoms with Gasteiger partial charge in [-0.2, -0.15) is 5.26 Å². The number of aromatic nitrogens is 1. The lowest BCUT2D eigenvalue weighted by Crippen LogP contribution is -2.43. The van der Waals surface area contributed by atoms with Crippen molar-refractivity contribution in [2.24, 2.45) is 5.92 Å². The minimum absolute atomic E-state index is 0.0842. The molecule has 22 heavy (non-hydrogen) atoms. The normalized spacial score (nSPS) is 21.7. The average Bonchev–Trinajstić information content (AvgIpc) is 3.08. The van der Waals surface area contributed by atoms with Crippen LogP contribution in [-0.4, -0.2) is 62.7 Å². The maximum atomic E-state index is 12.1. The number of carbonyl (C=O) groups excluding carboxylic acids is 1. The van der Waals surface area contributed by atoms with Gasteiger partial charge in [-0.15, -0.1) is 0 Å². The molecule has 0 saturated carbocycles. The smallest absolute Gasteiger partial charge is 0.268 e. The molecule has 8 nitrogen and oxygen atoms in total. The summed E-state index contributed by atoms with van der Waals surface area (Å²) >= 11 is 0. The van der Waals surface area contributed by atoms with Crippen LogP contribution in [0.3, 0.4) is 0 Å². The molecule has 1 amide bonds. The van der Waals surface area contributed by atoms with Gasteiger partial charge in [-0.25, -0.2) is 12.7 Å². The van der Waals surface area contributed by atoms with Crippen LogP contribution in [0, 0.1) is 17.2 Å². The lowest BCUT2D eigenvalue weighted by atomic mass is 10.1. The Balaban J connectivity index is 2.02. The third-order valence-corrected chi connectivity index (χ3v) is 5.51. The predicted molar refractivity (Wildman–Crippen MR) is 78.5 cm³/mol. The van der Waals surface area contributed by atoms with Crippen LogP contribution in [0.2, 0.25) is 0 Å².